The number of nitrogens with one attached hydrogen (secondary N) is 1. The van der Waals surface area contributed by atoms with Crippen molar-refractivity contribution in [1.82, 2.24) is 10.2 Å². The van der Waals surface area contributed by atoms with Crippen molar-refractivity contribution in [3.63, 3.8) is 0 Å². The standard InChI is InChI=1S/C15H20N2O2/c18-15(16-12-8-9-12)17-10-4-7-14(11-17)19-13-5-2-1-3-6-13/h1-3,5-6,12,14H,4,7-11H2,(H,16,18). The van der Waals surface area contributed by atoms with E-state index < -0.39 is 0 Å². The summed E-state index contributed by atoms with van der Waals surface area (Å²) >= 11 is 0. The van der Waals surface area contributed by atoms with Crippen LogP contribution in [0.1, 0.15) is 25.7 Å². The molecule has 1 unspecified atom stereocenters. The van der Waals surface area contributed by atoms with Crippen LogP contribution in [0.3, 0.4) is 0 Å². The molecule has 2 amide bonds. The third-order valence-corrected chi connectivity index (χ3v) is 3.62. The van der Waals surface area contributed by atoms with E-state index in [0.29, 0.717) is 12.6 Å². The van der Waals surface area contributed by atoms with Crippen LogP contribution in [0, 0.1) is 0 Å². The van der Waals surface area contributed by atoms with Gasteiger partial charge in [-0.05, 0) is 37.8 Å². The largest absolute Gasteiger partial charge is 0.489 e. The third kappa shape index (κ3) is 3.40. The van der Waals surface area contributed by atoms with Crippen LogP contribution in [0.25, 0.3) is 0 Å². The number of amides is 2. The molecule has 19 heavy (non-hydrogen) atoms. The number of carbonyl (C=O) groups is 1. The van der Waals surface area contributed by atoms with E-state index in [-0.39, 0.29) is 12.1 Å². The molecule has 0 spiro atoms. The van der Waals surface area contributed by atoms with Crippen LogP contribution in [-0.4, -0.2) is 36.2 Å². The van der Waals surface area contributed by atoms with Crippen molar-refractivity contribution in [1.29, 1.82) is 0 Å². The number of rotatable bonds is 3. The molecule has 0 radical (unpaired) electrons. The summed E-state index contributed by atoms with van der Waals surface area (Å²) in [5, 5.41) is 3.04. The molecule has 2 aliphatic rings. The lowest BCUT2D eigenvalue weighted by Crippen LogP contribution is -2.49. The van der Waals surface area contributed by atoms with E-state index in [9.17, 15) is 4.79 Å². The summed E-state index contributed by atoms with van der Waals surface area (Å²) in [7, 11) is 0. The summed E-state index contributed by atoms with van der Waals surface area (Å²) in [6, 6.07) is 10.3. The van der Waals surface area contributed by atoms with Gasteiger partial charge in [0.25, 0.3) is 0 Å². The van der Waals surface area contributed by atoms with Crippen molar-refractivity contribution in [3.8, 4) is 5.75 Å². The predicted octanol–water partition coefficient (Wildman–Crippen LogP) is 2.40. The Labute approximate surface area is 113 Å². The monoisotopic (exact) mass is 260 g/mol. The number of likely N-dealkylation sites (tertiary alicyclic amines) is 1. The lowest BCUT2D eigenvalue weighted by Gasteiger charge is -2.33. The van der Waals surface area contributed by atoms with Gasteiger partial charge in [0.1, 0.15) is 11.9 Å². The number of hydrogen-bond donors (Lipinski definition) is 1. The topological polar surface area (TPSA) is 41.6 Å². The van der Waals surface area contributed by atoms with Gasteiger partial charge in [-0.1, -0.05) is 18.2 Å². The van der Waals surface area contributed by atoms with Crippen LogP contribution in [-0.2, 0) is 0 Å². The van der Waals surface area contributed by atoms with E-state index in [2.05, 4.69) is 5.32 Å². The van der Waals surface area contributed by atoms with Crippen LogP contribution in [0.15, 0.2) is 30.3 Å². The van der Waals surface area contributed by atoms with Gasteiger partial charge in [0.05, 0.1) is 6.54 Å². The lowest BCUT2D eigenvalue weighted by atomic mass is 10.1. The average Bonchev–Trinajstić information content (AvgIpc) is 3.24. The van der Waals surface area contributed by atoms with Crippen molar-refractivity contribution < 1.29 is 9.53 Å². The normalized spacial score (nSPS) is 22.9. The minimum absolute atomic E-state index is 0.0730. The number of ether oxygens (including phenoxy) is 1. The molecule has 4 nitrogen and oxygen atoms in total. The second-order valence-electron chi connectivity index (χ2n) is 5.36. The average molecular weight is 260 g/mol. The van der Waals surface area contributed by atoms with Gasteiger partial charge in [-0.2, -0.15) is 0 Å². The van der Waals surface area contributed by atoms with E-state index in [0.717, 1.165) is 38.0 Å². The zero-order valence-corrected chi connectivity index (χ0v) is 11.0. The van der Waals surface area contributed by atoms with Gasteiger partial charge in [-0.3, -0.25) is 0 Å². The first-order valence-corrected chi connectivity index (χ1v) is 7.08. The lowest BCUT2D eigenvalue weighted by molar-refractivity contribution is 0.101. The summed E-state index contributed by atoms with van der Waals surface area (Å²) in [5.41, 5.74) is 0. The fourth-order valence-electron chi connectivity index (χ4n) is 2.40. The predicted molar refractivity (Wildman–Crippen MR) is 73.2 cm³/mol. The molecule has 1 heterocycles. The Bertz CT molecular complexity index is 431. The minimum atomic E-state index is 0.0730. The van der Waals surface area contributed by atoms with Crippen LogP contribution < -0.4 is 10.1 Å². The Morgan fingerprint density at radius 2 is 2.00 bits per heavy atom. The minimum Gasteiger partial charge on any atom is -0.489 e. The summed E-state index contributed by atoms with van der Waals surface area (Å²) in [6.45, 7) is 1.53. The third-order valence-electron chi connectivity index (χ3n) is 3.62. The number of para-hydroxylation sites is 1. The fourth-order valence-corrected chi connectivity index (χ4v) is 2.40. The van der Waals surface area contributed by atoms with Crippen molar-refractivity contribution in [2.75, 3.05) is 13.1 Å². The summed E-state index contributed by atoms with van der Waals surface area (Å²) in [4.78, 5) is 13.9. The molecule has 1 aliphatic carbocycles. The van der Waals surface area contributed by atoms with Crippen LogP contribution in [0.5, 0.6) is 5.75 Å². The first-order valence-electron chi connectivity index (χ1n) is 7.08. The van der Waals surface area contributed by atoms with Gasteiger partial charge in [0.15, 0.2) is 0 Å². The first kappa shape index (κ1) is 12.3. The molecule has 102 valence electrons. The summed E-state index contributed by atoms with van der Waals surface area (Å²) in [5.74, 6) is 0.886. The van der Waals surface area contributed by atoms with Crippen LogP contribution in [0.4, 0.5) is 4.79 Å². The van der Waals surface area contributed by atoms with Gasteiger partial charge in [-0.25, -0.2) is 4.79 Å². The van der Waals surface area contributed by atoms with E-state index in [1.54, 1.807) is 0 Å². The molecular weight excluding hydrogens is 240 g/mol. The maximum atomic E-state index is 12.0. The van der Waals surface area contributed by atoms with E-state index in [1.807, 2.05) is 35.2 Å². The van der Waals surface area contributed by atoms with Crippen molar-refractivity contribution >= 4 is 6.03 Å². The molecule has 3 rings (SSSR count). The highest BCUT2D eigenvalue weighted by Gasteiger charge is 2.29. The quantitative estimate of drug-likeness (QED) is 0.906. The zero-order valence-electron chi connectivity index (χ0n) is 11.0. The Morgan fingerprint density at radius 3 is 2.74 bits per heavy atom. The smallest absolute Gasteiger partial charge is 0.317 e. The van der Waals surface area contributed by atoms with Gasteiger partial charge in [-0.15, -0.1) is 0 Å². The van der Waals surface area contributed by atoms with Gasteiger partial charge < -0.3 is 15.0 Å². The number of piperidine rings is 1. The number of urea groups is 1. The molecule has 1 saturated carbocycles. The highest BCUT2D eigenvalue weighted by molar-refractivity contribution is 5.75. The maximum absolute atomic E-state index is 12.0. The second-order valence-corrected chi connectivity index (χ2v) is 5.36. The molecule has 1 atom stereocenters. The molecule has 1 aliphatic heterocycles. The molecule has 1 aromatic carbocycles. The molecule has 1 aromatic rings. The maximum Gasteiger partial charge on any atom is 0.317 e. The number of carbonyl (C=O) groups excluding carboxylic acids is 1. The molecule has 2 fully saturated rings. The first-order chi connectivity index (χ1) is 9.31. The summed E-state index contributed by atoms with van der Waals surface area (Å²) in [6.07, 6.45) is 4.39. The molecular formula is C15H20N2O2. The van der Waals surface area contributed by atoms with E-state index in [1.165, 1.54) is 0 Å². The fraction of sp³-hybridized carbons (Fsp3) is 0.533. The molecule has 1 N–H and O–H groups in total. The van der Waals surface area contributed by atoms with Gasteiger partial charge >= 0.3 is 6.03 Å². The Kier molecular flexibility index (Phi) is 3.58. The van der Waals surface area contributed by atoms with Gasteiger partial charge in [0, 0.05) is 12.6 Å². The summed E-state index contributed by atoms with van der Waals surface area (Å²) < 4.78 is 5.93. The van der Waals surface area contributed by atoms with Crippen LogP contribution >= 0.6 is 0 Å². The number of hydrogen-bond acceptors (Lipinski definition) is 2. The Morgan fingerprint density at radius 1 is 1.21 bits per heavy atom. The second kappa shape index (κ2) is 5.51. The van der Waals surface area contributed by atoms with Crippen molar-refractivity contribution in [2.24, 2.45) is 0 Å². The van der Waals surface area contributed by atoms with E-state index >= 15 is 0 Å². The highest BCUT2D eigenvalue weighted by Crippen LogP contribution is 2.21. The number of nitrogens with zero attached hydrogens (tertiary/aromatic N) is 1. The molecule has 0 bridgehead atoms. The number of benzene rings is 1. The Hall–Kier alpha value is -1.71. The molecule has 1 saturated heterocycles. The SMILES string of the molecule is O=C(NC1CC1)N1CCCC(Oc2ccccc2)C1. The van der Waals surface area contributed by atoms with E-state index in [4.69, 9.17) is 4.74 Å². The van der Waals surface area contributed by atoms with Gasteiger partial charge in [0.2, 0.25) is 0 Å². The van der Waals surface area contributed by atoms with Crippen LogP contribution in [0.2, 0.25) is 0 Å². The van der Waals surface area contributed by atoms with Crippen molar-refractivity contribution in [3.05, 3.63) is 30.3 Å². The molecule has 4 heteroatoms. The zero-order chi connectivity index (χ0) is 13.1. The molecule has 0 aromatic heterocycles. The highest BCUT2D eigenvalue weighted by atomic mass is 16.5. The Balaban J connectivity index is 1.53. The van der Waals surface area contributed by atoms with Crippen molar-refractivity contribution in [2.45, 2.75) is 37.8 Å².